The first-order valence-electron chi connectivity index (χ1n) is 12.3. The molecule has 0 spiro atoms. The van der Waals surface area contributed by atoms with E-state index < -0.39 is 19.1 Å². The summed E-state index contributed by atoms with van der Waals surface area (Å²) in [6, 6.07) is 14.4. The largest absolute Gasteiger partial charge is 0.387 e. The molecule has 34 heavy (non-hydrogen) atoms. The van der Waals surface area contributed by atoms with Gasteiger partial charge in [-0.15, -0.1) is 0 Å². The van der Waals surface area contributed by atoms with E-state index in [1.165, 1.54) is 11.6 Å². The van der Waals surface area contributed by atoms with Gasteiger partial charge in [0.2, 0.25) is 5.91 Å². The molecule has 6 nitrogen and oxygen atoms in total. The molecule has 2 heterocycles. The summed E-state index contributed by atoms with van der Waals surface area (Å²) >= 11 is 0. The molecule has 5 rings (SSSR count). The molecule has 2 aromatic rings. The van der Waals surface area contributed by atoms with Crippen LogP contribution < -0.4 is 16.2 Å². The Balaban J connectivity index is 1.32. The highest BCUT2D eigenvalue weighted by Gasteiger charge is 2.43. The lowest BCUT2D eigenvalue weighted by atomic mass is 9.72. The molecule has 2 saturated heterocycles. The molecule has 0 radical (unpaired) electrons. The van der Waals surface area contributed by atoms with Gasteiger partial charge in [0.05, 0.1) is 12.1 Å². The molecule has 8 heteroatoms. The fourth-order valence-corrected chi connectivity index (χ4v) is 8.65. The van der Waals surface area contributed by atoms with Gasteiger partial charge in [-0.3, -0.25) is 15.1 Å². The zero-order valence-electron chi connectivity index (χ0n) is 19.3. The summed E-state index contributed by atoms with van der Waals surface area (Å²) in [5, 5.41) is 11.5. The first-order chi connectivity index (χ1) is 16.4. The monoisotopic (exact) mass is 485 g/mol. The first-order valence-corrected chi connectivity index (χ1v) is 14.4. The van der Waals surface area contributed by atoms with Crippen LogP contribution in [0.15, 0.2) is 48.5 Å². The number of rotatable bonds is 5. The Kier molecular flexibility index (Phi) is 6.90. The highest BCUT2D eigenvalue weighted by atomic mass is 31.2. The Morgan fingerprint density at radius 3 is 2.59 bits per heavy atom. The molecule has 2 aromatic carbocycles. The third-order valence-electron chi connectivity index (χ3n) is 7.87. The minimum absolute atomic E-state index is 0.0142. The lowest BCUT2D eigenvalue weighted by molar-refractivity contribution is -0.135. The van der Waals surface area contributed by atoms with Crippen molar-refractivity contribution in [3.05, 3.63) is 65.5 Å². The lowest BCUT2D eigenvalue weighted by Gasteiger charge is -2.43. The SMILES string of the molecule is O=C1NNC(C(O)c2ccc(F)c(P3(=O)CCN(Cc4ccccc4)CC3)c2)C2CCCCC12. The van der Waals surface area contributed by atoms with Crippen LogP contribution >= 0.6 is 7.14 Å². The number of aliphatic hydroxyl groups is 1. The van der Waals surface area contributed by atoms with Crippen molar-refractivity contribution in [2.24, 2.45) is 11.8 Å². The average molecular weight is 486 g/mol. The van der Waals surface area contributed by atoms with E-state index in [9.17, 15) is 18.9 Å². The summed E-state index contributed by atoms with van der Waals surface area (Å²) in [5.41, 5.74) is 7.48. The van der Waals surface area contributed by atoms with E-state index in [2.05, 4.69) is 27.9 Å². The van der Waals surface area contributed by atoms with Crippen molar-refractivity contribution in [2.45, 2.75) is 44.4 Å². The Morgan fingerprint density at radius 2 is 1.82 bits per heavy atom. The van der Waals surface area contributed by atoms with Gasteiger partial charge in [0, 0.05) is 43.2 Å². The lowest BCUT2D eigenvalue weighted by Crippen LogP contribution is -2.61. The van der Waals surface area contributed by atoms with Crippen LogP contribution in [-0.4, -0.2) is 47.4 Å². The standard InChI is InChI=1S/C26H33FN3O3P/c27-22-11-10-19(25(31)24-20-8-4-5-9-21(20)26(32)29-28-24)16-23(22)34(33)14-12-30(13-15-34)17-18-6-2-1-3-7-18/h1-3,6-7,10-11,16,20-21,24-25,28,31H,4-5,8-9,12-15,17H2,(H,29,32). The highest BCUT2D eigenvalue weighted by Crippen LogP contribution is 2.48. The number of halogens is 1. The zero-order valence-corrected chi connectivity index (χ0v) is 20.2. The van der Waals surface area contributed by atoms with Gasteiger partial charge in [-0.1, -0.05) is 49.2 Å². The van der Waals surface area contributed by atoms with Crippen LogP contribution in [0.2, 0.25) is 0 Å². The minimum atomic E-state index is -2.91. The van der Waals surface area contributed by atoms with Gasteiger partial charge < -0.3 is 9.67 Å². The molecule has 1 aliphatic carbocycles. The summed E-state index contributed by atoms with van der Waals surface area (Å²) in [6.07, 6.45) is 3.68. The number of benzene rings is 2. The molecule has 0 aromatic heterocycles. The molecule has 3 aliphatic rings. The van der Waals surface area contributed by atoms with E-state index in [1.54, 1.807) is 12.1 Å². The molecule has 2 aliphatic heterocycles. The van der Waals surface area contributed by atoms with Crippen molar-refractivity contribution in [3.8, 4) is 0 Å². The number of amides is 1. The maximum atomic E-state index is 14.9. The predicted octanol–water partition coefficient (Wildman–Crippen LogP) is 3.17. The number of hydrogen-bond donors (Lipinski definition) is 3. The third kappa shape index (κ3) is 4.72. The fourth-order valence-electron chi connectivity index (χ4n) is 5.89. The van der Waals surface area contributed by atoms with E-state index in [-0.39, 0.29) is 29.1 Å². The van der Waals surface area contributed by atoms with Crippen molar-refractivity contribution >= 4 is 18.4 Å². The Labute approximate surface area is 200 Å². The number of nitrogens with one attached hydrogen (secondary N) is 2. The van der Waals surface area contributed by atoms with Crippen LogP contribution in [0.1, 0.15) is 42.9 Å². The second kappa shape index (κ2) is 9.90. The van der Waals surface area contributed by atoms with Gasteiger partial charge in [0.1, 0.15) is 13.0 Å². The van der Waals surface area contributed by atoms with Crippen LogP contribution in [-0.2, 0) is 15.9 Å². The Hall–Kier alpha value is -2.05. The number of hydrogen-bond acceptors (Lipinski definition) is 5. The molecule has 3 N–H and O–H groups in total. The maximum absolute atomic E-state index is 14.9. The normalized spacial score (nSPS) is 28.1. The number of carbonyl (C=O) groups excluding carboxylic acids is 1. The highest BCUT2D eigenvalue weighted by molar-refractivity contribution is 7.71. The first kappa shape index (κ1) is 23.7. The van der Waals surface area contributed by atoms with Crippen LogP contribution in [0.5, 0.6) is 0 Å². The van der Waals surface area contributed by atoms with Gasteiger partial charge in [-0.05, 0) is 42.0 Å². The average Bonchev–Trinajstić information content (AvgIpc) is 2.86. The van der Waals surface area contributed by atoms with Crippen molar-refractivity contribution in [1.82, 2.24) is 15.8 Å². The number of aliphatic hydroxyl groups excluding tert-OH is 1. The number of fused-ring (bicyclic) bond motifs is 1. The molecule has 1 amide bonds. The summed E-state index contributed by atoms with van der Waals surface area (Å²) < 4.78 is 28.8. The smallest absolute Gasteiger partial charge is 0.237 e. The van der Waals surface area contributed by atoms with Crippen molar-refractivity contribution < 1.29 is 18.9 Å². The summed E-state index contributed by atoms with van der Waals surface area (Å²) in [7, 11) is -2.91. The van der Waals surface area contributed by atoms with Gasteiger partial charge in [-0.2, -0.15) is 0 Å². The Morgan fingerprint density at radius 1 is 1.09 bits per heavy atom. The molecular formula is C26H33FN3O3P. The molecule has 4 unspecified atom stereocenters. The van der Waals surface area contributed by atoms with E-state index in [4.69, 9.17) is 0 Å². The van der Waals surface area contributed by atoms with Gasteiger partial charge in [0.15, 0.2) is 0 Å². The molecule has 3 fully saturated rings. The third-order valence-corrected chi connectivity index (χ3v) is 10.9. The maximum Gasteiger partial charge on any atom is 0.237 e. The van der Waals surface area contributed by atoms with E-state index in [1.807, 2.05) is 18.2 Å². The van der Waals surface area contributed by atoms with Crippen LogP contribution in [0.25, 0.3) is 0 Å². The zero-order chi connectivity index (χ0) is 23.7. The second-order valence-electron chi connectivity index (χ2n) is 9.97. The molecule has 4 atom stereocenters. The number of hydrazine groups is 1. The van der Waals surface area contributed by atoms with Gasteiger partial charge in [-0.25, -0.2) is 9.82 Å². The summed E-state index contributed by atoms with van der Waals surface area (Å²) in [4.78, 5) is 14.5. The second-order valence-corrected chi connectivity index (χ2v) is 13.1. The van der Waals surface area contributed by atoms with Gasteiger partial charge >= 0.3 is 0 Å². The van der Waals surface area contributed by atoms with E-state index >= 15 is 0 Å². The van der Waals surface area contributed by atoms with Crippen LogP contribution in [0.3, 0.4) is 0 Å². The van der Waals surface area contributed by atoms with Crippen molar-refractivity contribution in [1.29, 1.82) is 0 Å². The molecule has 1 saturated carbocycles. The molecule has 182 valence electrons. The predicted molar refractivity (Wildman–Crippen MR) is 131 cm³/mol. The van der Waals surface area contributed by atoms with Crippen molar-refractivity contribution in [3.63, 3.8) is 0 Å². The topological polar surface area (TPSA) is 81.7 Å². The summed E-state index contributed by atoms with van der Waals surface area (Å²) in [6.45, 7) is 2.10. The molecule has 0 bridgehead atoms. The van der Waals surface area contributed by atoms with Crippen LogP contribution in [0.4, 0.5) is 4.39 Å². The minimum Gasteiger partial charge on any atom is -0.387 e. The number of carbonyl (C=O) groups is 1. The summed E-state index contributed by atoms with van der Waals surface area (Å²) in [5.74, 6) is -0.555. The quantitative estimate of drug-likeness (QED) is 0.567. The number of nitrogens with zero attached hydrogens (tertiary/aromatic N) is 1. The van der Waals surface area contributed by atoms with Crippen molar-refractivity contribution in [2.75, 3.05) is 25.4 Å². The molecular weight excluding hydrogens is 452 g/mol. The van der Waals surface area contributed by atoms with E-state index in [0.717, 1.165) is 32.2 Å². The van der Waals surface area contributed by atoms with Crippen LogP contribution in [0, 0.1) is 17.7 Å². The fraction of sp³-hybridized carbons (Fsp3) is 0.500. The van der Waals surface area contributed by atoms with Gasteiger partial charge in [0.25, 0.3) is 0 Å². The van der Waals surface area contributed by atoms with E-state index in [0.29, 0.717) is 31.0 Å². The Bertz CT molecular complexity index is 1070.